The molecule has 1 aliphatic rings. The lowest BCUT2D eigenvalue weighted by Crippen LogP contribution is -2.43. The van der Waals surface area contributed by atoms with Crippen LogP contribution in [0.4, 0.5) is 0 Å². The first kappa shape index (κ1) is 13.3. The summed E-state index contributed by atoms with van der Waals surface area (Å²) in [6, 6.07) is 11.0. The third-order valence-corrected chi connectivity index (χ3v) is 3.87. The summed E-state index contributed by atoms with van der Waals surface area (Å²) >= 11 is 0. The molecule has 2 heteroatoms. The van der Waals surface area contributed by atoms with E-state index in [4.69, 9.17) is 0 Å². The molecule has 0 amide bonds. The number of hydrogen-bond acceptors (Lipinski definition) is 2. The van der Waals surface area contributed by atoms with Gasteiger partial charge in [0.2, 0.25) is 0 Å². The second-order valence-corrected chi connectivity index (χ2v) is 5.02. The highest BCUT2D eigenvalue weighted by Gasteiger charge is 2.28. The number of aliphatic hydroxyl groups is 1. The van der Waals surface area contributed by atoms with E-state index < -0.39 is 0 Å². The fourth-order valence-corrected chi connectivity index (χ4v) is 2.96. The summed E-state index contributed by atoms with van der Waals surface area (Å²) in [4.78, 5) is 2.46. The minimum atomic E-state index is 0.136. The van der Waals surface area contributed by atoms with Crippen molar-refractivity contribution in [1.29, 1.82) is 0 Å². The average molecular weight is 245 g/mol. The van der Waals surface area contributed by atoms with E-state index in [0.717, 1.165) is 13.0 Å². The molecule has 1 heterocycles. The maximum Gasteiger partial charge on any atom is 0.0628 e. The van der Waals surface area contributed by atoms with Crippen LogP contribution >= 0.6 is 0 Å². The van der Waals surface area contributed by atoms with E-state index in [1.807, 2.05) is 24.3 Å². The highest BCUT2D eigenvalue weighted by Crippen LogP contribution is 2.29. The van der Waals surface area contributed by atoms with Crippen LogP contribution < -0.4 is 0 Å². The van der Waals surface area contributed by atoms with E-state index in [0.29, 0.717) is 6.04 Å². The van der Waals surface area contributed by atoms with Crippen LogP contribution in [0.15, 0.2) is 43.0 Å². The van der Waals surface area contributed by atoms with Crippen molar-refractivity contribution in [2.75, 3.05) is 13.2 Å². The number of piperidine rings is 1. The van der Waals surface area contributed by atoms with Crippen molar-refractivity contribution in [3.63, 3.8) is 0 Å². The molecule has 2 rings (SSSR count). The van der Waals surface area contributed by atoms with Gasteiger partial charge in [0.25, 0.3) is 0 Å². The molecule has 1 aromatic rings. The van der Waals surface area contributed by atoms with Gasteiger partial charge in [0.15, 0.2) is 0 Å². The Balaban J connectivity index is 2.17. The van der Waals surface area contributed by atoms with E-state index in [1.165, 1.54) is 24.8 Å². The summed E-state index contributed by atoms with van der Waals surface area (Å²) < 4.78 is 0. The monoisotopic (exact) mass is 245 g/mol. The number of likely N-dealkylation sites (tertiary alicyclic amines) is 1. The molecule has 1 saturated heterocycles. The predicted molar refractivity (Wildman–Crippen MR) is 75.4 cm³/mol. The molecule has 1 N–H and O–H groups in total. The molecular formula is C16H23NO. The summed E-state index contributed by atoms with van der Waals surface area (Å²) in [7, 11) is 0. The first-order valence-electron chi connectivity index (χ1n) is 6.89. The van der Waals surface area contributed by atoms with E-state index in [-0.39, 0.29) is 12.6 Å². The van der Waals surface area contributed by atoms with E-state index >= 15 is 0 Å². The third-order valence-electron chi connectivity index (χ3n) is 3.87. The summed E-state index contributed by atoms with van der Waals surface area (Å²) in [6.07, 6.45) is 6.76. The predicted octanol–water partition coefficient (Wildman–Crippen LogP) is 3.15. The number of benzene rings is 1. The fraction of sp³-hybridized carbons (Fsp3) is 0.500. The molecule has 1 fully saturated rings. The number of rotatable bonds is 5. The molecular weight excluding hydrogens is 222 g/mol. The standard InChI is InChI=1S/C16H23NO/c1-2-8-15-11-6-7-12-17(15)16(13-18)14-9-4-3-5-10-14/h2-5,9-10,15-16,18H,1,6-8,11-13H2/t15-,16-/m0/s1. The van der Waals surface area contributed by atoms with Gasteiger partial charge in [0, 0.05) is 6.04 Å². The second-order valence-electron chi connectivity index (χ2n) is 5.02. The van der Waals surface area contributed by atoms with Gasteiger partial charge in [-0.2, -0.15) is 0 Å². The van der Waals surface area contributed by atoms with Crippen molar-refractivity contribution < 1.29 is 5.11 Å². The molecule has 0 saturated carbocycles. The Labute approximate surface area is 110 Å². The molecule has 0 unspecified atom stereocenters. The van der Waals surface area contributed by atoms with E-state index in [1.54, 1.807) is 0 Å². The van der Waals surface area contributed by atoms with Crippen LogP contribution in [0.3, 0.4) is 0 Å². The van der Waals surface area contributed by atoms with Gasteiger partial charge in [-0.3, -0.25) is 4.90 Å². The van der Waals surface area contributed by atoms with Gasteiger partial charge < -0.3 is 5.11 Å². The highest BCUT2D eigenvalue weighted by molar-refractivity contribution is 5.19. The summed E-state index contributed by atoms with van der Waals surface area (Å²) in [5.41, 5.74) is 1.22. The normalized spacial score (nSPS) is 22.6. The summed E-state index contributed by atoms with van der Waals surface area (Å²) in [5.74, 6) is 0. The molecule has 2 atom stereocenters. The lowest BCUT2D eigenvalue weighted by Gasteiger charge is -2.40. The Morgan fingerprint density at radius 3 is 2.78 bits per heavy atom. The second kappa shape index (κ2) is 6.72. The Morgan fingerprint density at radius 2 is 2.11 bits per heavy atom. The largest absolute Gasteiger partial charge is 0.394 e. The number of hydrogen-bond donors (Lipinski definition) is 1. The molecule has 0 radical (unpaired) electrons. The molecule has 1 aromatic carbocycles. The SMILES string of the molecule is C=CC[C@H]1CCCCN1[C@@H](CO)c1ccccc1. The Morgan fingerprint density at radius 1 is 1.33 bits per heavy atom. The lowest BCUT2D eigenvalue weighted by atomic mass is 9.95. The first-order chi connectivity index (χ1) is 8.86. The van der Waals surface area contributed by atoms with Crippen LogP contribution in [0.25, 0.3) is 0 Å². The van der Waals surface area contributed by atoms with Gasteiger partial charge in [0.1, 0.15) is 0 Å². The molecule has 0 aliphatic carbocycles. The summed E-state index contributed by atoms with van der Waals surface area (Å²) in [5, 5.41) is 9.75. The topological polar surface area (TPSA) is 23.5 Å². The maximum absolute atomic E-state index is 9.75. The van der Waals surface area contributed by atoms with Gasteiger partial charge in [-0.05, 0) is 31.4 Å². The van der Waals surface area contributed by atoms with Crippen molar-refractivity contribution >= 4 is 0 Å². The van der Waals surface area contributed by atoms with Crippen LogP contribution in [0, 0.1) is 0 Å². The molecule has 0 aromatic heterocycles. The van der Waals surface area contributed by atoms with Crippen molar-refractivity contribution in [3.8, 4) is 0 Å². The molecule has 18 heavy (non-hydrogen) atoms. The van der Waals surface area contributed by atoms with Gasteiger partial charge >= 0.3 is 0 Å². The van der Waals surface area contributed by atoms with E-state index in [2.05, 4.69) is 23.6 Å². The fourth-order valence-electron chi connectivity index (χ4n) is 2.96. The Kier molecular flexibility index (Phi) is 4.97. The third kappa shape index (κ3) is 3.01. The van der Waals surface area contributed by atoms with Crippen molar-refractivity contribution in [3.05, 3.63) is 48.6 Å². The first-order valence-corrected chi connectivity index (χ1v) is 6.89. The lowest BCUT2D eigenvalue weighted by molar-refractivity contribution is 0.0576. The molecule has 2 nitrogen and oxygen atoms in total. The highest BCUT2D eigenvalue weighted by atomic mass is 16.3. The zero-order chi connectivity index (χ0) is 12.8. The van der Waals surface area contributed by atoms with Crippen LogP contribution in [0.5, 0.6) is 0 Å². The molecule has 0 bridgehead atoms. The van der Waals surface area contributed by atoms with Crippen LogP contribution in [-0.4, -0.2) is 29.2 Å². The zero-order valence-electron chi connectivity index (χ0n) is 11.0. The van der Waals surface area contributed by atoms with E-state index in [9.17, 15) is 5.11 Å². The van der Waals surface area contributed by atoms with Crippen molar-refractivity contribution in [2.24, 2.45) is 0 Å². The minimum Gasteiger partial charge on any atom is -0.394 e. The maximum atomic E-state index is 9.75. The van der Waals surface area contributed by atoms with Gasteiger partial charge in [-0.15, -0.1) is 6.58 Å². The molecule has 98 valence electrons. The minimum absolute atomic E-state index is 0.136. The smallest absolute Gasteiger partial charge is 0.0628 e. The average Bonchev–Trinajstić information content (AvgIpc) is 2.43. The van der Waals surface area contributed by atoms with Crippen molar-refractivity contribution in [1.82, 2.24) is 4.90 Å². The molecule has 0 spiro atoms. The van der Waals surface area contributed by atoms with Gasteiger partial charge in [-0.25, -0.2) is 0 Å². The van der Waals surface area contributed by atoms with Crippen LogP contribution in [0.1, 0.15) is 37.3 Å². The summed E-state index contributed by atoms with van der Waals surface area (Å²) in [6.45, 7) is 5.13. The van der Waals surface area contributed by atoms with Gasteiger partial charge in [-0.1, -0.05) is 42.8 Å². The Hall–Kier alpha value is -1.12. The van der Waals surface area contributed by atoms with Crippen LogP contribution in [-0.2, 0) is 0 Å². The van der Waals surface area contributed by atoms with Crippen molar-refractivity contribution in [2.45, 2.75) is 37.8 Å². The number of nitrogens with zero attached hydrogens (tertiary/aromatic N) is 1. The van der Waals surface area contributed by atoms with Crippen LogP contribution in [0.2, 0.25) is 0 Å². The number of aliphatic hydroxyl groups excluding tert-OH is 1. The zero-order valence-corrected chi connectivity index (χ0v) is 11.0. The van der Waals surface area contributed by atoms with Gasteiger partial charge in [0.05, 0.1) is 12.6 Å². The Bertz CT molecular complexity index is 363. The quantitative estimate of drug-likeness (QED) is 0.806. The molecule has 1 aliphatic heterocycles.